The van der Waals surface area contributed by atoms with Crippen LogP contribution in [-0.4, -0.2) is 43.7 Å². The molecule has 0 saturated heterocycles. The molecule has 1 unspecified atom stereocenters. The van der Waals surface area contributed by atoms with Gasteiger partial charge in [-0.15, -0.1) is 0 Å². The molecule has 1 fully saturated rings. The third-order valence-corrected chi connectivity index (χ3v) is 3.20. The van der Waals surface area contributed by atoms with Crippen molar-refractivity contribution in [2.45, 2.75) is 39.2 Å². The zero-order chi connectivity index (χ0) is 12.8. The van der Waals surface area contributed by atoms with Crippen LogP contribution >= 0.6 is 0 Å². The molecule has 4 heteroatoms. The van der Waals surface area contributed by atoms with E-state index in [1.165, 1.54) is 0 Å². The Labute approximate surface area is 104 Å². The average molecular weight is 242 g/mol. The highest BCUT2D eigenvalue weighted by Gasteiger charge is 2.35. The van der Waals surface area contributed by atoms with Crippen LogP contribution in [0.5, 0.6) is 0 Å². The SMILES string of the molecule is COCCN(C(=O)C(CN)CC(C)C)C1CC1. The molecule has 4 nitrogen and oxygen atoms in total. The normalized spacial score (nSPS) is 17.2. The van der Waals surface area contributed by atoms with Crippen LogP contribution in [-0.2, 0) is 9.53 Å². The second kappa shape index (κ2) is 6.97. The van der Waals surface area contributed by atoms with Crippen LogP contribution in [0.25, 0.3) is 0 Å². The highest BCUT2D eigenvalue weighted by atomic mass is 16.5. The lowest BCUT2D eigenvalue weighted by atomic mass is 9.96. The van der Waals surface area contributed by atoms with E-state index >= 15 is 0 Å². The Bertz CT molecular complexity index is 240. The van der Waals surface area contributed by atoms with Crippen LogP contribution in [0.3, 0.4) is 0 Å². The fourth-order valence-corrected chi connectivity index (χ4v) is 2.15. The summed E-state index contributed by atoms with van der Waals surface area (Å²) < 4.78 is 5.07. The molecule has 1 saturated carbocycles. The first kappa shape index (κ1) is 14.5. The summed E-state index contributed by atoms with van der Waals surface area (Å²) in [6, 6.07) is 0.443. The number of nitrogens with two attached hydrogens (primary N) is 1. The summed E-state index contributed by atoms with van der Waals surface area (Å²) in [5.41, 5.74) is 5.73. The molecule has 1 aliphatic rings. The largest absolute Gasteiger partial charge is 0.383 e. The first-order valence-corrected chi connectivity index (χ1v) is 6.59. The second-order valence-electron chi connectivity index (χ2n) is 5.32. The predicted molar refractivity (Wildman–Crippen MR) is 68.6 cm³/mol. The predicted octanol–water partition coefficient (Wildman–Crippen LogP) is 1.24. The van der Waals surface area contributed by atoms with Crippen molar-refractivity contribution < 1.29 is 9.53 Å². The third kappa shape index (κ3) is 4.64. The van der Waals surface area contributed by atoms with Crippen LogP contribution in [0.2, 0.25) is 0 Å². The van der Waals surface area contributed by atoms with Gasteiger partial charge in [0.1, 0.15) is 0 Å². The zero-order valence-corrected chi connectivity index (χ0v) is 11.3. The minimum absolute atomic E-state index is 0.0209. The molecule has 0 spiro atoms. The maximum Gasteiger partial charge on any atom is 0.227 e. The molecule has 1 amide bonds. The summed E-state index contributed by atoms with van der Waals surface area (Å²) in [5, 5.41) is 0. The number of ether oxygens (including phenoxy) is 1. The van der Waals surface area contributed by atoms with Gasteiger partial charge in [0.15, 0.2) is 0 Å². The van der Waals surface area contributed by atoms with Crippen LogP contribution in [0.1, 0.15) is 33.1 Å². The molecular formula is C13H26N2O2. The van der Waals surface area contributed by atoms with Crippen molar-refractivity contribution in [2.75, 3.05) is 26.8 Å². The number of rotatable bonds is 8. The second-order valence-corrected chi connectivity index (χ2v) is 5.32. The van der Waals surface area contributed by atoms with Crippen LogP contribution in [0.15, 0.2) is 0 Å². The third-order valence-electron chi connectivity index (χ3n) is 3.20. The zero-order valence-electron chi connectivity index (χ0n) is 11.3. The fraction of sp³-hybridized carbons (Fsp3) is 0.923. The number of carbonyl (C=O) groups is 1. The monoisotopic (exact) mass is 242 g/mol. The van der Waals surface area contributed by atoms with E-state index in [-0.39, 0.29) is 11.8 Å². The Morgan fingerprint density at radius 1 is 1.47 bits per heavy atom. The molecule has 100 valence electrons. The van der Waals surface area contributed by atoms with E-state index < -0.39 is 0 Å². The Morgan fingerprint density at radius 2 is 2.12 bits per heavy atom. The van der Waals surface area contributed by atoms with Gasteiger partial charge < -0.3 is 15.4 Å². The molecule has 0 radical (unpaired) electrons. The Hall–Kier alpha value is -0.610. The van der Waals surface area contributed by atoms with E-state index in [0.717, 1.165) is 19.3 Å². The minimum Gasteiger partial charge on any atom is -0.383 e. The van der Waals surface area contributed by atoms with Gasteiger partial charge in [-0.05, 0) is 25.2 Å². The molecule has 0 aromatic rings. The number of methoxy groups -OCH3 is 1. The lowest BCUT2D eigenvalue weighted by Gasteiger charge is -2.27. The topological polar surface area (TPSA) is 55.6 Å². The molecule has 17 heavy (non-hydrogen) atoms. The highest BCUT2D eigenvalue weighted by Crippen LogP contribution is 2.28. The standard InChI is InChI=1S/C13H26N2O2/c1-10(2)8-11(9-14)13(16)15(6-7-17-3)12-4-5-12/h10-12H,4-9,14H2,1-3H3. The van der Waals surface area contributed by atoms with Crippen molar-refractivity contribution >= 4 is 5.91 Å². The van der Waals surface area contributed by atoms with E-state index in [1.54, 1.807) is 7.11 Å². The number of hydrogen-bond donors (Lipinski definition) is 1. The van der Waals surface area contributed by atoms with E-state index in [9.17, 15) is 4.79 Å². The molecular weight excluding hydrogens is 216 g/mol. The molecule has 1 rings (SSSR count). The number of amides is 1. The molecule has 1 aliphatic carbocycles. The van der Waals surface area contributed by atoms with E-state index in [0.29, 0.717) is 31.7 Å². The molecule has 0 heterocycles. The van der Waals surface area contributed by atoms with Crippen molar-refractivity contribution in [2.24, 2.45) is 17.6 Å². The van der Waals surface area contributed by atoms with Crippen LogP contribution in [0, 0.1) is 11.8 Å². The van der Waals surface area contributed by atoms with Gasteiger partial charge in [0.05, 0.1) is 12.5 Å². The first-order chi connectivity index (χ1) is 8.10. The number of hydrogen-bond acceptors (Lipinski definition) is 3. The number of carbonyl (C=O) groups excluding carboxylic acids is 1. The maximum absolute atomic E-state index is 12.4. The first-order valence-electron chi connectivity index (χ1n) is 6.59. The lowest BCUT2D eigenvalue weighted by Crippen LogP contribution is -2.42. The summed E-state index contributed by atoms with van der Waals surface area (Å²) in [7, 11) is 1.67. The Morgan fingerprint density at radius 3 is 2.53 bits per heavy atom. The summed E-state index contributed by atoms with van der Waals surface area (Å²) in [6.07, 6.45) is 3.15. The average Bonchev–Trinajstić information content (AvgIpc) is 3.10. The van der Waals surface area contributed by atoms with Gasteiger partial charge in [0.2, 0.25) is 5.91 Å². The Balaban J connectivity index is 2.54. The van der Waals surface area contributed by atoms with Crippen molar-refractivity contribution in [1.29, 1.82) is 0 Å². The van der Waals surface area contributed by atoms with Gasteiger partial charge >= 0.3 is 0 Å². The minimum atomic E-state index is -0.0209. The molecule has 1 atom stereocenters. The quantitative estimate of drug-likeness (QED) is 0.697. The van der Waals surface area contributed by atoms with E-state index in [4.69, 9.17) is 10.5 Å². The van der Waals surface area contributed by atoms with Crippen molar-refractivity contribution in [3.05, 3.63) is 0 Å². The molecule has 2 N–H and O–H groups in total. The summed E-state index contributed by atoms with van der Waals surface area (Å²) in [5.74, 6) is 0.712. The number of nitrogens with zero attached hydrogens (tertiary/aromatic N) is 1. The molecule has 0 aromatic carbocycles. The van der Waals surface area contributed by atoms with Gasteiger partial charge in [0, 0.05) is 26.2 Å². The van der Waals surface area contributed by atoms with Gasteiger partial charge in [-0.2, -0.15) is 0 Å². The maximum atomic E-state index is 12.4. The van der Waals surface area contributed by atoms with Crippen LogP contribution in [0.4, 0.5) is 0 Å². The van der Waals surface area contributed by atoms with Gasteiger partial charge in [-0.1, -0.05) is 13.8 Å². The van der Waals surface area contributed by atoms with Crippen molar-refractivity contribution in [3.63, 3.8) is 0 Å². The summed E-state index contributed by atoms with van der Waals surface area (Å²) >= 11 is 0. The van der Waals surface area contributed by atoms with Gasteiger partial charge in [-0.3, -0.25) is 4.79 Å². The Kier molecular flexibility index (Phi) is 5.92. The van der Waals surface area contributed by atoms with Gasteiger partial charge in [0.25, 0.3) is 0 Å². The summed E-state index contributed by atoms with van der Waals surface area (Å²) in [4.78, 5) is 14.4. The molecule has 0 aromatic heterocycles. The van der Waals surface area contributed by atoms with Crippen LogP contribution < -0.4 is 5.73 Å². The van der Waals surface area contributed by atoms with Gasteiger partial charge in [-0.25, -0.2) is 0 Å². The molecule has 0 aliphatic heterocycles. The van der Waals surface area contributed by atoms with E-state index in [1.807, 2.05) is 4.90 Å². The lowest BCUT2D eigenvalue weighted by molar-refractivity contribution is -0.137. The fourth-order valence-electron chi connectivity index (χ4n) is 2.15. The van der Waals surface area contributed by atoms with E-state index in [2.05, 4.69) is 13.8 Å². The highest BCUT2D eigenvalue weighted by molar-refractivity contribution is 5.79. The van der Waals surface area contributed by atoms with Crippen molar-refractivity contribution in [3.8, 4) is 0 Å². The molecule has 0 bridgehead atoms. The smallest absolute Gasteiger partial charge is 0.227 e. The van der Waals surface area contributed by atoms with Crippen molar-refractivity contribution in [1.82, 2.24) is 4.90 Å². The summed E-state index contributed by atoms with van der Waals surface area (Å²) in [6.45, 7) is 6.03.